The number of hydrogen-bond acceptors (Lipinski definition) is 5. The van der Waals surface area contributed by atoms with Crippen LogP contribution < -0.4 is 5.73 Å². The smallest absolute Gasteiger partial charge is 0.410 e. The Bertz CT molecular complexity index is 324. The number of morpholine rings is 1. The summed E-state index contributed by atoms with van der Waals surface area (Å²) in [6.07, 6.45) is -0.265. The van der Waals surface area contributed by atoms with Gasteiger partial charge in [0.15, 0.2) is 0 Å². The van der Waals surface area contributed by atoms with Gasteiger partial charge in [-0.15, -0.1) is 0 Å². The maximum atomic E-state index is 12.0. The molecule has 2 aliphatic heterocycles. The first-order valence-electron chi connectivity index (χ1n) is 6.92. The van der Waals surface area contributed by atoms with Crippen molar-refractivity contribution >= 4 is 6.09 Å². The zero-order valence-electron chi connectivity index (χ0n) is 12.1. The molecule has 0 radical (unpaired) electrons. The fourth-order valence-corrected chi connectivity index (χ4v) is 2.58. The molecule has 1 amide bonds. The van der Waals surface area contributed by atoms with Crippen LogP contribution in [0.4, 0.5) is 4.79 Å². The summed E-state index contributed by atoms with van der Waals surface area (Å²) in [6.45, 7) is 10.1. The second-order valence-corrected chi connectivity index (χ2v) is 6.26. The molecule has 0 aliphatic carbocycles. The zero-order valence-corrected chi connectivity index (χ0v) is 12.1. The third kappa shape index (κ3) is 3.81. The first-order valence-corrected chi connectivity index (χ1v) is 6.92. The molecule has 2 atom stereocenters. The van der Waals surface area contributed by atoms with Crippen LogP contribution in [0.2, 0.25) is 0 Å². The molecule has 2 fully saturated rings. The molecule has 0 aromatic heterocycles. The molecule has 2 aliphatic rings. The van der Waals surface area contributed by atoms with Gasteiger partial charge in [0.1, 0.15) is 5.60 Å². The minimum atomic E-state index is -0.460. The van der Waals surface area contributed by atoms with Gasteiger partial charge in [-0.25, -0.2) is 4.79 Å². The van der Waals surface area contributed by atoms with Gasteiger partial charge in [-0.2, -0.15) is 0 Å². The summed E-state index contributed by atoms with van der Waals surface area (Å²) in [4.78, 5) is 16.1. The van der Waals surface area contributed by atoms with Gasteiger partial charge < -0.3 is 20.1 Å². The Hall–Kier alpha value is -0.850. The van der Waals surface area contributed by atoms with Crippen LogP contribution in [-0.4, -0.2) is 73.0 Å². The lowest BCUT2D eigenvalue weighted by Crippen LogP contribution is -2.51. The quantitative estimate of drug-likeness (QED) is 0.741. The molecule has 0 aromatic carbocycles. The summed E-state index contributed by atoms with van der Waals surface area (Å²) >= 11 is 0. The van der Waals surface area contributed by atoms with Gasteiger partial charge in [-0.1, -0.05) is 0 Å². The van der Waals surface area contributed by atoms with Crippen LogP contribution in [0, 0.1) is 0 Å². The summed E-state index contributed by atoms with van der Waals surface area (Å²) < 4.78 is 10.7. The highest BCUT2D eigenvalue weighted by Gasteiger charge is 2.38. The molecule has 19 heavy (non-hydrogen) atoms. The Balaban J connectivity index is 1.91. The van der Waals surface area contributed by atoms with Crippen molar-refractivity contribution in [3.63, 3.8) is 0 Å². The first kappa shape index (κ1) is 14.6. The number of carbonyl (C=O) groups excluding carboxylic acids is 1. The fourth-order valence-electron chi connectivity index (χ4n) is 2.58. The van der Waals surface area contributed by atoms with E-state index in [0.717, 1.165) is 26.3 Å². The van der Waals surface area contributed by atoms with Crippen LogP contribution in [-0.2, 0) is 9.47 Å². The Kier molecular flexibility index (Phi) is 4.32. The van der Waals surface area contributed by atoms with Crippen molar-refractivity contribution < 1.29 is 14.3 Å². The van der Waals surface area contributed by atoms with Crippen LogP contribution in [0.3, 0.4) is 0 Å². The van der Waals surface area contributed by atoms with Crippen molar-refractivity contribution in [2.24, 2.45) is 5.73 Å². The van der Waals surface area contributed by atoms with Gasteiger partial charge in [0.2, 0.25) is 0 Å². The maximum absolute atomic E-state index is 12.0. The molecule has 2 N–H and O–H groups in total. The predicted molar refractivity (Wildman–Crippen MR) is 72.0 cm³/mol. The van der Waals surface area contributed by atoms with Gasteiger partial charge in [0.25, 0.3) is 0 Å². The Morgan fingerprint density at radius 2 is 1.89 bits per heavy atom. The lowest BCUT2D eigenvalue weighted by molar-refractivity contribution is 0.0117. The van der Waals surface area contributed by atoms with Crippen LogP contribution in [0.5, 0.6) is 0 Å². The molecule has 2 unspecified atom stereocenters. The number of hydrogen-bond donors (Lipinski definition) is 1. The SMILES string of the molecule is CC(C)(C)OC(=O)N1CC(N)C(N2CCOCC2)C1. The molecular weight excluding hydrogens is 246 g/mol. The largest absolute Gasteiger partial charge is 0.444 e. The molecule has 0 saturated carbocycles. The molecule has 110 valence electrons. The van der Waals surface area contributed by atoms with E-state index in [0.29, 0.717) is 13.1 Å². The van der Waals surface area contributed by atoms with Crippen molar-refractivity contribution in [3.05, 3.63) is 0 Å². The van der Waals surface area contributed by atoms with Crippen LogP contribution in [0.15, 0.2) is 0 Å². The molecule has 2 rings (SSSR count). The molecule has 0 aromatic rings. The summed E-state index contributed by atoms with van der Waals surface area (Å²) in [7, 11) is 0. The number of ether oxygens (including phenoxy) is 2. The Morgan fingerprint density at radius 3 is 2.47 bits per heavy atom. The van der Waals surface area contributed by atoms with E-state index in [9.17, 15) is 4.79 Å². The highest BCUT2D eigenvalue weighted by Crippen LogP contribution is 2.19. The predicted octanol–water partition coefficient (Wildman–Crippen LogP) is 0.265. The Labute approximate surface area is 114 Å². The monoisotopic (exact) mass is 271 g/mol. The van der Waals surface area contributed by atoms with E-state index in [2.05, 4.69) is 4.90 Å². The number of amides is 1. The number of nitrogens with two attached hydrogens (primary N) is 1. The van der Waals surface area contributed by atoms with E-state index < -0.39 is 5.60 Å². The van der Waals surface area contributed by atoms with Crippen LogP contribution in [0.1, 0.15) is 20.8 Å². The van der Waals surface area contributed by atoms with Crippen molar-refractivity contribution in [1.29, 1.82) is 0 Å². The van der Waals surface area contributed by atoms with E-state index in [1.54, 1.807) is 4.90 Å². The topological polar surface area (TPSA) is 68.0 Å². The fraction of sp³-hybridized carbons (Fsp3) is 0.923. The van der Waals surface area contributed by atoms with Gasteiger partial charge in [-0.3, -0.25) is 4.90 Å². The second kappa shape index (κ2) is 5.64. The van der Waals surface area contributed by atoms with Crippen molar-refractivity contribution in [1.82, 2.24) is 9.80 Å². The molecule has 2 saturated heterocycles. The highest BCUT2D eigenvalue weighted by atomic mass is 16.6. The zero-order chi connectivity index (χ0) is 14.0. The minimum Gasteiger partial charge on any atom is -0.444 e. The van der Waals surface area contributed by atoms with Crippen molar-refractivity contribution in [2.75, 3.05) is 39.4 Å². The third-order valence-corrected chi connectivity index (χ3v) is 3.50. The van der Waals surface area contributed by atoms with Gasteiger partial charge in [0, 0.05) is 38.3 Å². The molecule has 0 bridgehead atoms. The lowest BCUT2D eigenvalue weighted by Gasteiger charge is -2.33. The molecular formula is C13H25N3O3. The summed E-state index contributed by atoms with van der Waals surface area (Å²) in [6, 6.07) is 0.210. The summed E-state index contributed by atoms with van der Waals surface area (Å²) in [5.41, 5.74) is 5.71. The van der Waals surface area contributed by atoms with E-state index in [1.807, 2.05) is 20.8 Å². The minimum absolute atomic E-state index is 0.00869. The Morgan fingerprint density at radius 1 is 1.26 bits per heavy atom. The highest BCUT2D eigenvalue weighted by molar-refractivity contribution is 5.68. The van der Waals surface area contributed by atoms with E-state index in [1.165, 1.54) is 0 Å². The normalized spacial score (nSPS) is 29.6. The van der Waals surface area contributed by atoms with Crippen molar-refractivity contribution in [3.8, 4) is 0 Å². The van der Waals surface area contributed by atoms with Crippen LogP contribution in [0.25, 0.3) is 0 Å². The number of nitrogens with zero attached hydrogens (tertiary/aromatic N) is 2. The first-order chi connectivity index (χ1) is 8.87. The maximum Gasteiger partial charge on any atom is 0.410 e. The van der Waals surface area contributed by atoms with Crippen molar-refractivity contribution in [2.45, 2.75) is 38.5 Å². The average Bonchev–Trinajstić information content (AvgIpc) is 2.70. The summed E-state index contributed by atoms with van der Waals surface area (Å²) in [5, 5.41) is 0. The average molecular weight is 271 g/mol. The molecule has 0 spiro atoms. The van der Waals surface area contributed by atoms with Gasteiger partial charge >= 0.3 is 6.09 Å². The molecule has 6 heteroatoms. The standard InChI is InChI=1S/C13H25N3O3/c1-13(2,3)19-12(17)16-8-10(14)11(9-16)15-4-6-18-7-5-15/h10-11H,4-9,14H2,1-3H3. The summed E-state index contributed by atoms with van der Waals surface area (Å²) in [5.74, 6) is 0. The van der Waals surface area contributed by atoms with Gasteiger partial charge in [-0.05, 0) is 20.8 Å². The lowest BCUT2D eigenvalue weighted by atomic mass is 10.1. The number of likely N-dealkylation sites (tertiary alicyclic amines) is 1. The number of carbonyl (C=O) groups is 1. The number of rotatable bonds is 1. The van der Waals surface area contributed by atoms with E-state index >= 15 is 0 Å². The van der Waals surface area contributed by atoms with E-state index in [4.69, 9.17) is 15.2 Å². The molecule has 2 heterocycles. The van der Waals surface area contributed by atoms with Crippen LogP contribution >= 0.6 is 0 Å². The third-order valence-electron chi connectivity index (χ3n) is 3.50. The molecule has 6 nitrogen and oxygen atoms in total. The van der Waals surface area contributed by atoms with E-state index in [-0.39, 0.29) is 18.2 Å². The second-order valence-electron chi connectivity index (χ2n) is 6.26. The van der Waals surface area contributed by atoms with Gasteiger partial charge in [0.05, 0.1) is 13.2 Å².